The number of carbonyl (C=O) groups is 1. The van der Waals surface area contributed by atoms with Gasteiger partial charge in [-0.25, -0.2) is 0 Å². The number of amides is 1. The van der Waals surface area contributed by atoms with E-state index in [4.69, 9.17) is 11.6 Å². The van der Waals surface area contributed by atoms with Crippen LogP contribution >= 0.6 is 11.6 Å². The molecular weight excluding hydrogens is 314 g/mol. The standard InChI is InChI=1S/C17H26ClN3O2/c1-3-21(4-2)16(13-7-5-6-8-14(13)18)11-20-17(23)15-9-12(22)10-19-15/h5-8,12,15-16,19,22H,3-4,9-11H2,1-2H3,(H,20,23)/t12-,15+,16+/m0/s1. The maximum Gasteiger partial charge on any atom is 0.237 e. The Bertz CT molecular complexity index is 522. The molecule has 0 saturated carbocycles. The molecule has 6 heteroatoms. The van der Waals surface area contributed by atoms with Crippen LogP contribution in [0.15, 0.2) is 24.3 Å². The summed E-state index contributed by atoms with van der Waals surface area (Å²) in [7, 11) is 0. The van der Waals surface area contributed by atoms with E-state index in [0.29, 0.717) is 24.5 Å². The van der Waals surface area contributed by atoms with Crippen LogP contribution in [0.2, 0.25) is 5.02 Å². The van der Waals surface area contributed by atoms with Gasteiger partial charge in [0, 0.05) is 18.1 Å². The Morgan fingerprint density at radius 3 is 2.70 bits per heavy atom. The van der Waals surface area contributed by atoms with E-state index in [9.17, 15) is 9.90 Å². The lowest BCUT2D eigenvalue weighted by Crippen LogP contribution is -2.44. The summed E-state index contributed by atoms with van der Waals surface area (Å²) in [5.41, 5.74) is 1.03. The molecule has 1 aromatic rings. The molecule has 1 aromatic carbocycles. The molecular formula is C17H26ClN3O2. The van der Waals surface area contributed by atoms with Crippen molar-refractivity contribution in [3.8, 4) is 0 Å². The minimum atomic E-state index is -0.437. The van der Waals surface area contributed by atoms with Crippen LogP contribution in [0.4, 0.5) is 0 Å². The van der Waals surface area contributed by atoms with E-state index in [1.165, 1.54) is 0 Å². The van der Waals surface area contributed by atoms with Gasteiger partial charge in [0.25, 0.3) is 0 Å². The Morgan fingerprint density at radius 1 is 1.43 bits per heavy atom. The van der Waals surface area contributed by atoms with E-state index in [1.807, 2.05) is 24.3 Å². The van der Waals surface area contributed by atoms with Gasteiger partial charge >= 0.3 is 0 Å². The van der Waals surface area contributed by atoms with Crippen molar-refractivity contribution in [1.29, 1.82) is 0 Å². The number of halogens is 1. The van der Waals surface area contributed by atoms with Crippen molar-refractivity contribution >= 4 is 17.5 Å². The number of carbonyl (C=O) groups excluding carboxylic acids is 1. The van der Waals surface area contributed by atoms with Crippen LogP contribution in [-0.4, -0.2) is 54.2 Å². The fourth-order valence-corrected chi connectivity index (χ4v) is 3.34. The second-order valence-electron chi connectivity index (χ2n) is 5.85. The zero-order chi connectivity index (χ0) is 16.8. The largest absolute Gasteiger partial charge is 0.392 e. The molecule has 1 amide bonds. The molecule has 2 rings (SSSR count). The summed E-state index contributed by atoms with van der Waals surface area (Å²) < 4.78 is 0. The minimum absolute atomic E-state index is 0.0361. The monoisotopic (exact) mass is 339 g/mol. The van der Waals surface area contributed by atoms with Gasteiger partial charge < -0.3 is 15.7 Å². The molecule has 0 radical (unpaired) electrons. The zero-order valence-electron chi connectivity index (χ0n) is 13.8. The van der Waals surface area contributed by atoms with Crippen LogP contribution in [0.5, 0.6) is 0 Å². The normalized spacial score (nSPS) is 22.3. The highest BCUT2D eigenvalue weighted by atomic mass is 35.5. The molecule has 1 fully saturated rings. The average molecular weight is 340 g/mol. The summed E-state index contributed by atoms with van der Waals surface area (Å²) >= 11 is 6.35. The van der Waals surface area contributed by atoms with Crippen LogP contribution in [0.1, 0.15) is 31.9 Å². The summed E-state index contributed by atoms with van der Waals surface area (Å²) in [4.78, 5) is 14.6. The van der Waals surface area contributed by atoms with Crippen LogP contribution in [0.25, 0.3) is 0 Å². The van der Waals surface area contributed by atoms with E-state index in [-0.39, 0.29) is 18.0 Å². The molecule has 0 spiro atoms. The molecule has 128 valence electrons. The molecule has 1 saturated heterocycles. The predicted molar refractivity (Wildman–Crippen MR) is 92.5 cm³/mol. The molecule has 0 aromatic heterocycles. The van der Waals surface area contributed by atoms with Gasteiger partial charge in [-0.05, 0) is 31.1 Å². The Labute approximate surface area is 143 Å². The second-order valence-corrected chi connectivity index (χ2v) is 6.26. The molecule has 0 aliphatic carbocycles. The minimum Gasteiger partial charge on any atom is -0.392 e. The molecule has 1 aliphatic heterocycles. The van der Waals surface area contributed by atoms with E-state index in [1.54, 1.807) is 0 Å². The molecule has 3 atom stereocenters. The van der Waals surface area contributed by atoms with Crippen molar-refractivity contribution in [2.45, 2.75) is 38.5 Å². The molecule has 0 unspecified atom stereocenters. The topological polar surface area (TPSA) is 64.6 Å². The summed E-state index contributed by atoms with van der Waals surface area (Å²) in [6, 6.07) is 7.49. The number of likely N-dealkylation sites (N-methyl/N-ethyl adjacent to an activating group) is 1. The van der Waals surface area contributed by atoms with Gasteiger partial charge in [-0.15, -0.1) is 0 Å². The third kappa shape index (κ3) is 4.67. The molecule has 5 nitrogen and oxygen atoms in total. The van der Waals surface area contributed by atoms with Crippen molar-refractivity contribution in [2.24, 2.45) is 0 Å². The van der Waals surface area contributed by atoms with Gasteiger partial charge in [-0.1, -0.05) is 43.6 Å². The smallest absolute Gasteiger partial charge is 0.237 e. The summed E-state index contributed by atoms with van der Waals surface area (Å²) in [5, 5.41) is 16.3. The highest BCUT2D eigenvalue weighted by molar-refractivity contribution is 6.31. The second kappa shape index (κ2) is 8.64. The number of β-amino-alcohol motifs (C(OH)–C–C–N with tert-alkyl or cyclic N) is 1. The number of nitrogens with one attached hydrogen (secondary N) is 2. The fourth-order valence-electron chi connectivity index (χ4n) is 3.08. The quantitative estimate of drug-likeness (QED) is 0.705. The summed E-state index contributed by atoms with van der Waals surface area (Å²) in [6.07, 6.45) is 0.0290. The van der Waals surface area contributed by atoms with Crippen LogP contribution < -0.4 is 10.6 Å². The lowest BCUT2D eigenvalue weighted by atomic mass is 10.0. The zero-order valence-corrected chi connectivity index (χ0v) is 14.5. The Kier molecular flexibility index (Phi) is 6.84. The Morgan fingerprint density at radius 2 is 2.13 bits per heavy atom. The molecule has 1 heterocycles. The molecule has 3 N–H and O–H groups in total. The number of hydrogen-bond acceptors (Lipinski definition) is 4. The highest BCUT2D eigenvalue weighted by Gasteiger charge is 2.29. The number of benzene rings is 1. The third-order valence-electron chi connectivity index (χ3n) is 4.41. The van der Waals surface area contributed by atoms with Crippen molar-refractivity contribution in [2.75, 3.05) is 26.2 Å². The van der Waals surface area contributed by atoms with Gasteiger partial charge in [0.15, 0.2) is 0 Å². The lowest BCUT2D eigenvalue weighted by Gasteiger charge is -2.31. The lowest BCUT2D eigenvalue weighted by molar-refractivity contribution is -0.123. The van der Waals surface area contributed by atoms with Gasteiger partial charge in [0.1, 0.15) is 0 Å². The van der Waals surface area contributed by atoms with E-state index >= 15 is 0 Å². The van der Waals surface area contributed by atoms with E-state index in [0.717, 1.165) is 18.7 Å². The molecule has 1 aliphatic rings. The maximum absolute atomic E-state index is 12.3. The van der Waals surface area contributed by atoms with Crippen molar-refractivity contribution in [3.63, 3.8) is 0 Å². The highest BCUT2D eigenvalue weighted by Crippen LogP contribution is 2.27. The van der Waals surface area contributed by atoms with Crippen LogP contribution in [0, 0.1) is 0 Å². The van der Waals surface area contributed by atoms with Crippen LogP contribution in [-0.2, 0) is 4.79 Å². The summed E-state index contributed by atoms with van der Waals surface area (Å²) in [5.74, 6) is -0.0641. The van der Waals surface area contributed by atoms with Crippen molar-refractivity contribution < 1.29 is 9.90 Å². The first-order chi connectivity index (χ1) is 11.1. The van der Waals surface area contributed by atoms with Gasteiger partial charge in [0.2, 0.25) is 5.91 Å². The summed E-state index contributed by atoms with van der Waals surface area (Å²) in [6.45, 7) is 6.93. The molecule has 0 bridgehead atoms. The fraction of sp³-hybridized carbons (Fsp3) is 0.588. The number of aliphatic hydroxyl groups excluding tert-OH is 1. The number of nitrogens with zero attached hydrogens (tertiary/aromatic N) is 1. The first-order valence-electron chi connectivity index (χ1n) is 8.24. The number of hydrogen-bond donors (Lipinski definition) is 3. The van der Waals surface area contributed by atoms with Gasteiger partial charge in [0.05, 0.1) is 18.2 Å². The SMILES string of the molecule is CCN(CC)[C@H](CNC(=O)[C@H]1C[C@H](O)CN1)c1ccccc1Cl. The first-order valence-corrected chi connectivity index (χ1v) is 8.62. The predicted octanol–water partition coefficient (Wildman–Crippen LogP) is 1.56. The Hall–Kier alpha value is -1.14. The third-order valence-corrected chi connectivity index (χ3v) is 4.76. The van der Waals surface area contributed by atoms with Gasteiger partial charge in [-0.3, -0.25) is 9.69 Å². The van der Waals surface area contributed by atoms with Crippen LogP contribution in [0.3, 0.4) is 0 Å². The number of aliphatic hydroxyl groups is 1. The average Bonchev–Trinajstić information content (AvgIpc) is 2.98. The van der Waals surface area contributed by atoms with E-state index in [2.05, 4.69) is 29.4 Å². The Balaban J connectivity index is 2.06. The first kappa shape index (κ1) is 18.2. The van der Waals surface area contributed by atoms with E-state index < -0.39 is 6.10 Å². The maximum atomic E-state index is 12.3. The van der Waals surface area contributed by atoms with Crippen molar-refractivity contribution in [1.82, 2.24) is 15.5 Å². The number of rotatable bonds is 7. The molecule has 23 heavy (non-hydrogen) atoms. The van der Waals surface area contributed by atoms with Crippen molar-refractivity contribution in [3.05, 3.63) is 34.9 Å². The van der Waals surface area contributed by atoms with Gasteiger partial charge in [-0.2, -0.15) is 0 Å².